The second-order valence-electron chi connectivity index (χ2n) is 7.44. The molecule has 0 aliphatic heterocycles. The van der Waals surface area contributed by atoms with Gasteiger partial charge in [-0.2, -0.15) is 0 Å². The van der Waals surface area contributed by atoms with Crippen molar-refractivity contribution in [1.82, 2.24) is 5.16 Å². The fourth-order valence-corrected chi connectivity index (χ4v) is 3.08. The lowest BCUT2D eigenvalue weighted by molar-refractivity contribution is -0.123. The average Bonchev–Trinajstić information content (AvgIpc) is 3.06. The van der Waals surface area contributed by atoms with E-state index in [9.17, 15) is 9.59 Å². The number of ether oxygens (including phenoxy) is 2. The van der Waals surface area contributed by atoms with Gasteiger partial charge in [0.2, 0.25) is 0 Å². The number of carbonyl (C=O) groups excluding carboxylic acids is 2. The van der Waals surface area contributed by atoms with Gasteiger partial charge in [0.05, 0.1) is 11.3 Å². The Balaban J connectivity index is 1.66. The summed E-state index contributed by atoms with van der Waals surface area (Å²) in [5.41, 5.74) is 4.51. The van der Waals surface area contributed by atoms with Crippen molar-refractivity contribution in [3.63, 3.8) is 0 Å². The minimum atomic E-state index is -0.983. The molecule has 0 aliphatic carbocycles. The fourth-order valence-electron chi connectivity index (χ4n) is 3.08. The minimum absolute atomic E-state index is 0.203. The Bertz CT molecular complexity index is 1080. The number of aromatic nitrogens is 1. The molecule has 0 bridgehead atoms. The van der Waals surface area contributed by atoms with Crippen molar-refractivity contribution in [2.24, 2.45) is 0 Å². The summed E-state index contributed by atoms with van der Waals surface area (Å²) in [6.07, 6.45) is -0.983. The third kappa shape index (κ3) is 5.31. The number of hydrogen-bond acceptors (Lipinski definition) is 6. The van der Waals surface area contributed by atoms with Gasteiger partial charge in [-0.3, -0.25) is 4.79 Å². The van der Waals surface area contributed by atoms with Crippen LogP contribution < -0.4 is 10.1 Å². The molecule has 162 valence electrons. The molecular formula is C24H26N2O5. The van der Waals surface area contributed by atoms with Gasteiger partial charge < -0.3 is 19.3 Å². The number of anilines is 1. The van der Waals surface area contributed by atoms with Crippen LogP contribution in [-0.4, -0.2) is 23.1 Å². The Morgan fingerprint density at radius 1 is 1.10 bits per heavy atom. The van der Waals surface area contributed by atoms with E-state index in [1.807, 2.05) is 39.0 Å². The van der Waals surface area contributed by atoms with Crippen LogP contribution in [0.1, 0.15) is 45.4 Å². The number of rotatable bonds is 7. The Hall–Kier alpha value is -3.61. The number of carbonyl (C=O) groups is 2. The highest BCUT2D eigenvalue weighted by atomic mass is 16.5. The second kappa shape index (κ2) is 9.47. The van der Waals surface area contributed by atoms with Gasteiger partial charge in [0.15, 0.2) is 6.10 Å². The quantitative estimate of drug-likeness (QED) is 0.557. The van der Waals surface area contributed by atoms with E-state index < -0.39 is 18.0 Å². The van der Waals surface area contributed by atoms with Crippen LogP contribution in [0.2, 0.25) is 0 Å². The highest BCUT2D eigenvalue weighted by Gasteiger charge is 2.22. The van der Waals surface area contributed by atoms with Gasteiger partial charge in [0.1, 0.15) is 23.7 Å². The van der Waals surface area contributed by atoms with Crippen LogP contribution >= 0.6 is 0 Å². The number of nitrogens with one attached hydrogen (secondary N) is 1. The molecule has 0 unspecified atom stereocenters. The summed E-state index contributed by atoms with van der Waals surface area (Å²) >= 11 is 0. The molecule has 1 atom stereocenters. The van der Waals surface area contributed by atoms with Crippen molar-refractivity contribution in [2.75, 3.05) is 5.32 Å². The number of amides is 1. The smallest absolute Gasteiger partial charge is 0.342 e. The average molecular weight is 422 g/mol. The van der Waals surface area contributed by atoms with E-state index in [0.29, 0.717) is 17.2 Å². The van der Waals surface area contributed by atoms with Gasteiger partial charge in [0.25, 0.3) is 5.91 Å². The molecule has 0 saturated heterocycles. The minimum Gasteiger partial charge on any atom is -0.488 e. The van der Waals surface area contributed by atoms with E-state index in [1.165, 1.54) is 6.92 Å². The predicted molar refractivity (Wildman–Crippen MR) is 116 cm³/mol. The molecular weight excluding hydrogens is 396 g/mol. The van der Waals surface area contributed by atoms with E-state index in [-0.39, 0.29) is 12.2 Å². The maximum absolute atomic E-state index is 12.7. The summed E-state index contributed by atoms with van der Waals surface area (Å²) < 4.78 is 16.4. The molecule has 1 aromatic heterocycles. The second-order valence-corrected chi connectivity index (χ2v) is 7.44. The lowest BCUT2D eigenvalue weighted by Crippen LogP contribution is -2.30. The molecule has 1 heterocycles. The monoisotopic (exact) mass is 422 g/mol. The Morgan fingerprint density at radius 2 is 1.84 bits per heavy atom. The number of benzene rings is 2. The number of hydrogen-bond donors (Lipinski definition) is 1. The highest BCUT2D eigenvalue weighted by molar-refractivity contribution is 5.98. The Labute approximate surface area is 181 Å². The van der Waals surface area contributed by atoms with Crippen LogP contribution in [0.5, 0.6) is 5.75 Å². The maximum atomic E-state index is 12.7. The van der Waals surface area contributed by atoms with E-state index in [0.717, 1.165) is 22.4 Å². The van der Waals surface area contributed by atoms with Gasteiger partial charge in [-0.15, -0.1) is 0 Å². The lowest BCUT2D eigenvalue weighted by atomic mass is 10.1. The summed E-state index contributed by atoms with van der Waals surface area (Å²) in [6, 6.07) is 12.4. The number of esters is 1. The van der Waals surface area contributed by atoms with Crippen LogP contribution in [-0.2, 0) is 16.1 Å². The van der Waals surface area contributed by atoms with Crippen LogP contribution in [0.15, 0.2) is 47.0 Å². The summed E-state index contributed by atoms with van der Waals surface area (Å²) in [5, 5.41) is 6.70. The van der Waals surface area contributed by atoms with Crippen molar-refractivity contribution < 1.29 is 23.6 Å². The topological polar surface area (TPSA) is 90.7 Å². The third-order valence-electron chi connectivity index (χ3n) is 4.95. The zero-order chi connectivity index (χ0) is 22.5. The van der Waals surface area contributed by atoms with Crippen molar-refractivity contribution >= 4 is 17.6 Å². The first-order chi connectivity index (χ1) is 14.8. The molecule has 0 radical (unpaired) electrons. The molecule has 7 heteroatoms. The normalized spacial score (nSPS) is 11.6. The van der Waals surface area contributed by atoms with Gasteiger partial charge in [-0.05, 0) is 58.4 Å². The molecule has 31 heavy (non-hydrogen) atoms. The van der Waals surface area contributed by atoms with E-state index in [1.54, 1.807) is 31.2 Å². The van der Waals surface area contributed by atoms with Crippen LogP contribution in [0, 0.1) is 27.7 Å². The Morgan fingerprint density at radius 3 is 2.52 bits per heavy atom. The summed E-state index contributed by atoms with van der Waals surface area (Å²) in [4.78, 5) is 25.2. The molecule has 1 N–H and O–H groups in total. The first-order valence-electron chi connectivity index (χ1n) is 9.99. The standard InChI is InChI=1S/C24H26N2O5/c1-14-10-11-21(15(2)12-14)25-23(27)18(5)30-24(28)19-8-6-7-9-22(19)29-13-20-16(3)26-31-17(20)4/h6-12,18H,13H2,1-5H3,(H,25,27)/t18-/m1/s1. The van der Waals surface area contributed by atoms with Gasteiger partial charge in [-0.25, -0.2) is 4.79 Å². The lowest BCUT2D eigenvalue weighted by Gasteiger charge is -2.16. The van der Waals surface area contributed by atoms with Crippen molar-refractivity contribution in [3.8, 4) is 5.75 Å². The molecule has 3 rings (SSSR count). The molecule has 3 aromatic rings. The highest BCUT2D eigenvalue weighted by Crippen LogP contribution is 2.23. The van der Waals surface area contributed by atoms with Crippen LogP contribution in [0.4, 0.5) is 5.69 Å². The van der Waals surface area contributed by atoms with Crippen molar-refractivity contribution in [1.29, 1.82) is 0 Å². The zero-order valence-electron chi connectivity index (χ0n) is 18.3. The third-order valence-corrected chi connectivity index (χ3v) is 4.95. The zero-order valence-corrected chi connectivity index (χ0v) is 18.3. The largest absolute Gasteiger partial charge is 0.488 e. The number of aryl methyl sites for hydroxylation is 4. The molecule has 7 nitrogen and oxygen atoms in total. The van der Waals surface area contributed by atoms with Crippen LogP contribution in [0.3, 0.4) is 0 Å². The SMILES string of the molecule is Cc1ccc(NC(=O)[C@@H](C)OC(=O)c2ccccc2OCc2c(C)noc2C)c(C)c1. The van der Waals surface area contributed by atoms with Gasteiger partial charge >= 0.3 is 5.97 Å². The summed E-state index contributed by atoms with van der Waals surface area (Å²) in [7, 11) is 0. The van der Waals surface area contributed by atoms with Crippen molar-refractivity contribution in [2.45, 2.75) is 47.3 Å². The molecule has 0 saturated carbocycles. The fraction of sp³-hybridized carbons (Fsp3) is 0.292. The van der Waals surface area contributed by atoms with E-state index in [4.69, 9.17) is 14.0 Å². The first-order valence-corrected chi connectivity index (χ1v) is 9.99. The van der Waals surface area contributed by atoms with E-state index in [2.05, 4.69) is 10.5 Å². The molecule has 2 aromatic carbocycles. The number of para-hydroxylation sites is 1. The van der Waals surface area contributed by atoms with Crippen LogP contribution in [0.25, 0.3) is 0 Å². The number of nitrogens with zero attached hydrogens (tertiary/aromatic N) is 1. The molecule has 0 fully saturated rings. The Kier molecular flexibility index (Phi) is 6.74. The maximum Gasteiger partial charge on any atom is 0.342 e. The molecule has 0 spiro atoms. The predicted octanol–water partition coefficient (Wildman–Crippen LogP) is 4.67. The summed E-state index contributed by atoms with van der Waals surface area (Å²) in [6.45, 7) is 9.25. The van der Waals surface area contributed by atoms with E-state index >= 15 is 0 Å². The van der Waals surface area contributed by atoms with Gasteiger partial charge in [0, 0.05) is 5.69 Å². The first kappa shape index (κ1) is 22.1. The molecule has 0 aliphatic rings. The van der Waals surface area contributed by atoms with Gasteiger partial charge in [-0.1, -0.05) is 35.0 Å². The van der Waals surface area contributed by atoms with Crippen molar-refractivity contribution in [3.05, 3.63) is 76.2 Å². The molecule has 1 amide bonds. The summed E-state index contributed by atoms with van der Waals surface area (Å²) in [5.74, 6) is -0.0317.